The van der Waals surface area contributed by atoms with E-state index in [9.17, 15) is 8.42 Å². The van der Waals surface area contributed by atoms with Gasteiger partial charge in [0.2, 0.25) is 10.0 Å². The van der Waals surface area contributed by atoms with Gasteiger partial charge in [-0.1, -0.05) is 6.92 Å². The summed E-state index contributed by atoms with van der Waals surface area (Å²) in [5, 5.41) is 6.45. The normalized spacial score (nSPS) is 14.2. The van der Waals surface area contributed by atoms with E-state index in [0.29, 0.717) is 45.2 Å². The van der Waals surface area contributed by atoms with Gasteiger partial charge in [0.15, 0.2) is 17.5 Å². The van der Waals surface area contributed by atoms with E-state index in [1.54, 1.807) is 0 Å². The monoisotopic (exact) mass is 526 g/mol. The molecule has 2 rings (SSSR count). The number of hydrogen-bond acceptors (Lipinski definition) is 5. The van der Waals surface area contributed by atoms with E-state index in [4.69, 9.17) is 9.47 Å². The smallest absolute Gasteiger partial charge is 0.211 e. The first-order chi connectivity index (χ1) is 12.9. The number of sulfonamides is 1. The van der Waals surface area contributed by atoms with E-state index in [1.807, 2.05) is 32.0 Å². The van der Waals surface area contributed by atoms with Crippen LogP contribution in [0.15, 0.2) is 23.2 Å². The van der Waals surface area contributed by atoms with Gasteiger partial charge >= 0.3 is 0 Å². The summed E-state index contributed by atoms with van der Waals surface area (Å²) in [6, 6.07) is 5.70. The van der Waals surface area contributed by atoms with Crippen LogP contribution in [0.5, 0.6) is 11.5 Å². The van der Waals surface area contributed by atoms with Crippen LogP contribution in [0, 0.1) is 0 Å². The van der Waals surface area contributed by atoms with E-state index < -0.39 is 10.0 Å². The minimum atomic E-state index is -3.16. The van der Waals surface area contributed by atoms with Crippen molar-refractivity contribution < 1.29 is 17.9 Å². The molecule has 0 atom stereocenters. The van der Waals surface area contributed by atoms with Crippen LogP contribution in [-0.2, 0) is 10.0 Å². The van der Waals surface area contributed by atoms with Crippen molar-refractivity contribution in [3.8, 4) is 11.5 Å². The number of rotatable bonds is 8. The summed E-state index contributed by atoms with van der Waals surface area (Å²) >= 11 is 0. The number of hydrogen-bond donors (Lipinski definition) is 2. The topological polar surface area (TPSA) is 92.3 Å². The van der Waals surface area contributed by atoms with Gasteiger partial charge in [-0.15, -0.1) is 24.0 Å². The molecule has 8 nitrogen and oxygen atoms in total. The van der Waals surface area contributed by atoms with Gasteiger partial charge in [-0.2, -0.15) is 0 Å². The number of benzene rings is 1. The van der Waals surface area contributed by atoms with Gasteiger partial charge < -0.3 is 20.1 Å². The Hall–Kier alpha value is -1.27. The standard InChI is InChI=1S/C18H30N4O4S.HI/c1-4-19-18(20-10-6-11-22(5-2)27(3,23)24)21-15-8-9-16-17(14-15)26-13-7-12-25-16;/h8-9,14H,4-7,10-13H2,1-3H3,(H2,19,20,21);1H. The largest absolute Gasteiger partial charge is 0.490 e. The van der Waals surface area contributed by atoms with Crippen LogP contribution in [0.3, 0.4) is 0 Å². The van der Waals surface area contributed by atoms with Crippen LogP contribution in [0.1, 0.15) is 26.7 Å². The first kappa shape index (κ1) is 24.8. The van der Waals surface area contributed by atoms with Gasteiger partial charge in [-0.3, -0.25) is 4.99 Å². The number of nitrogens with zero attached hydrogens (tertiary/aromatic N) is 2. The lowest BCUT2D eigenvalue weighted by atomic mass is 10.3. The average molecular weight is 526 g/mol. The fourth-order valence-electron chi connectivity index (χ4n) is 2.68. The molecule has 1 aliphatic heterocycles. The third kappa shape index (κ3) is 8.00. The third-order valence-corrected chi connectivity index (χ3v) is 5.39. The quantitative estimate of drug-likeness (QED) is 0.234. The first-order valence-electron chi connectivity index (χ1n) is 9.34. The molecule has 0 unspecified atom stereocenters. The van der Waals surface area contributed by atoms with Gasteiger partial charge in [-0.25, -0.2) is 12.7 Å². The summed E-state index contributed by atoms with van der Waals surface area (Å²) in [5.74, 6) is 2.12. The summed E-state index contributed by atoms with van der Waals surface area (Å²) in [4.78, 5) is 4.53. The summed E-state index contributed by atoms with van der Waals surface area (Å²) < 4.78 is 36.0. The Morgan fingerprint density at radius 3 is 2.57 bits per heavy atom. The Morgan fingerprint density at radius 1 is 1.21 bits per heavy atom. The summed E-state index contributed by atoms with van der Waals surface area (Å²) in [7, 11) is -3.16. The highest BCUT2D eigenvalue weighted by Gasteiger charge is 2.13. The maximum Gasteiger partial charge on any atom is 0.211 e. The molecule has 0 bridgehead atoms. The van der Waals surface area contributed by atoms with E-state index in [1.165, 1.54) is 10.6 Å². The lowest BCUT2D eigenvalue weighted by Crippen LogP contribution is -2.32. The zero-order chi connectivity index (χ0) is 19.7. The number of ether oxygens (including phenoxy) is 2. The van der Waals surface area contributed by atoms with Gasteiger partial charge in [0.05, 0.1) is 19.5 Å². The van der Waals surface area contributed by atoms with Gasteiger partial charge in [0.25, 0.3) is 0 Å². The Bertz CT molecular complexity index is 743. The molecule has 0 fully saturated rings. The fraction of sp³-hybridized carbons (Fsp3) is 0.611. The summed E-state index contributed by atoms with van der Waals surface area (Å²) in [6.07, 6.45) is 2.75. The molecule has 0 saturated carbocycles. The second kappa shape index (κ2) is 12.3. The molecular weight excluding hydrogens is 495 g/mol. The number of nitrogens with one attached hydrogen (secondary N) is 2. The van der Waals surface area contributed by atoms with E-state index in [0.717, 1.165) is 30.2 Å². The second-order valence-corrected chi connectivity index (χ2v) is 8.19. The van der Waals surface area contributed by atoms with E-state index in [2.05, 4.69) is 15.6 Å². The maximum atomic E-state index is 11.6. The van der Waals surface area contributed by atoms with Crippen LogP contribution in [0.25, 0.3) is 0 Å². The van der Waals surface area contributed by atoms with Crippen LogP contribution in [-0.4, -0.2) is 64.3 Å². The average Bonchev–Trinajstić information content (AvgIpc) is 2.85. The second-order valence-electron chi connectivity index (χ2n) is 6.21. The summed E-state index contributed by atoms with van der Waals surface area (Å²) in [6.45, 7) is 7.30. The lowest BCUT2D eigenvalue weighted by molar-refractivity contribution is 0.297. The predicted octanol–water partition coefficient (Wildman–Crippen LogP) is 2.51. The molecule has 1 aliphatic rings. The highest BCUT2D eigenvalue weighted by Crippen LogP contribution is 2.32. The van der Waals surface area contributed by atoms with E-state index in [-0.39, 0.29) is 24.0 Å². The first-order valence-corrected chi connectivity index (χ1v) is 11.2. The minimum absolute atomic E-state index is 0. The molecule has 1 heterocycles. The molecular formula is C18H31IN4O4S. The molecule has 160 valence electrons. The highest BCUT2D eigenvalue weighted by atomic mass is 127. The number of anilines is 1. The molecule has 0 saturated heterocycles. The van der Waals surface area contributed by atoms with Crippen molar-refractivity contribution in [2.24, 2.45) is 4.99 Å². The molecule has 0 aliphatic carbocycles. The van der Waals surface area contributed by atoms with Crippen LogP contribution >= 0.6 is 24.0 Å². The Morgan fingerprint density at radius 2 is 1.93 bits per heavy atom. The SMILES string of the molecule is CCNC(=NCCCN(CC)S(C)(=O)=O)Nc1ccc2c(c1)OCCCO2.I. The maximum absolute atomic E-state index is 11.6. The molecule has 0 aromatic heterocycles. The Labute approximate surface area is 185 Å². The third-order valence-electron chi connectivity index (χ3n) is 4.01. The van der Waals surface area contributed by atoms with Crippen molar-refractivity contribution in [3.63, 3.8) is 0 Å². The molecule has 0 amide bonds. The van der Waals surface area contributed by atoms with Crippen molar-refractivity contribution in [1.82, 2.24) is 9.62 Å². The van der Waals surface area contributed by atoms with Crippen molar-refractivity contribution in [2.45, 2.75) is 26.7 Å². The predicted molar refractivity (Wildman–Crippen MR) is 124 cm³/mol. The Kier molecular flexibility index (Phi) is 10.9. The molecule has 0 spiro atoms. The molecule has 28 heavy (non-hydrogen) atoms. The number of halogens is 1. The molecule has 0 radical (unpaired) electrons. The number of guanidine groups is 1. The van der Waals surface area contributed by atoms with E-state index >= 15 is 0 Å². The Balaban J connectivity index is 0.00000392. The summed E-state index contributed by atoms with van der Waals surface area (Å²) in [5.41, 5.74) is 0.852. The zero-order valence-corrected chi connectivity index (χ0v) is 19.9. The van der Waals surface area contributed by atoms with Crippen molar-refractivity contribution in [1.29, 1.82) is 0 Å². The number of fused-ring (bicyclic) bond motifs is 1. The van der Waals surface area contributed by atoms with Gasteiger partial charge in [0.1, 0.15) is 0 Å². The van der Waals surface area contributed by atoms with Crippen LogP contribution in [0.4, 0.5) is 5.69 Å². The molecule has 2 N–H and O–H groups in total. The van der Waals surface area contributed by atoms with Crippen molar-refractivity contribution in [3.05, 3.63) is 18.2 Å². The van der Waals surface area contributed by atoms with Crippen LogP contribution < -0.4 is 20.1 Å². The molecule has 1 aromatic carbocycles. The van der Waals surface area contributed by atoms with Crippen LogP contribution in [0.2, 0.25) is 0 Å². The van der Waals surface area contributed by atoms with Crippen molar-refractivity contribution in [2.75, 3.05) is 51.0 Å². The molecule has 10 heteroatoms. The van der Waals surface area contributed by atoms with Gasteiger partial charge in [-0.05, 0) is 25.5 Å². The minimum Gasteiger partial charge on any atom is -0.490 e. The fourth-order valence-corrected chi connectivity index (χ4v) is 3.61. The lowest BCUT2D eigenvalue weighted by Gasteiger charge is -2.17. The molecule has 1 aromatic rings. The zero-order valence-electron chi connectivity index (χ0n) is 16.7. The number of aliphatic imine (C=N–C) groups is 1. The van der Waals surface area contributed by atoms with Gasteiger partial charge in [0, 0.05) is 44.4 Å². The highest BCUT2D eigenvalue weighted by molar-refractivity contribution is 14.0. The van der Waals surface area contributed by atoms with Crippen molar-refractivity contribution >= 4 is 45.6 Å².